The zero-order valence-corrected chi connectivity index (χ0v) is 16.7. The van der Waals surface area contributed by atoms with E-state index in [9.17, 15) is 23.5 Å². The van der Waals surface area contributed by atoms with Crippen LogP contribution in [0.2, 0.25) is 0 Å². The number of carboxylic acid groups (broad SMARTS) is 1. The Morgan fingerprint density at radius 3 is 2.64 bits per heavy atom. The molecular weight excluding hydrogens is 444 g/mol. The number of pyridine rings is 1. The summed E-state index contributed by atoms with van der Waals surface area (Å²) in [7, 11) is 0. The summed E-state index contributed by atoms with van der Waals surface area (Å²) < 4.78 is 59.8. The lowest BCUT2D eigenvalue weighted by Gasteiger charge is -2.30. The number of H-pyrrole nitrogens is 1. The molecule has 33 heavy (non-hydrogen) atoms. The van der Waals surface area contributed by atoms with Crippen LogP contribution in [0.5, 0.6) is 0 Å². The Morgan fingerprint density at radius 2 is 1.91 bits per heavy atom. The van der Waals surface area contributed by atoms with Crippen LogP contribution in [-0.4, -0.2) is 32.4 Å². The van der Waals surface area contributed by atoms with Gasteiger partial charge in [-0.2, -0.15) is 5.10 Å². The predicted octanol–water partition coefficient (Wildman–Crippen LogP) is 3.53. The maximum atomic E-state index is 15.9. The van der Waals surface area contributed by atoms with Crippen LogP contribution >= 0.6 is 0 Å². The monoisotopic (exact) mass is 458 g/mol. The topological polar surface area (TPSA) is 91.2 Å². The normalized spacial score (nSPS) is 13.4. The number of nitrogens with one attached hydrogen (secondary N) is 1. The average Bonchev–Trinajstić information content (AvgIpc) is 3.22. The van der Waals surface area contributed by atoms with Gasteiger partial charge in [0.25, 0.3) is 0 Å². The van der Waals surface area contributed by atoms with Crippen molar-refractivity contribution in [1.82, 2.24) is 14.8 Å². The minimum absolute atomic E-state index is 0.132. The molecule has 5 rings (SSSR count). The maximum Gasteiger partial charge on any atom is 0.341 e. The summed E-state index contributed by atoms with van der Waals surface area (Å²) in [5.41, 5.74) is -1.75. The van der Waals surface area contributed by atoms with Crippen LogP contribution in [0, 0.1) is 23.3 Å². The molecule has 11 heteroatoms. The number of benzene rings is 2. The van der Waals surface area contributed by atoms with Crippen molar-refractivity contribution in [2.75, 3.05) is 11.4 Å². The van der Waals surface area contributed by atoms with Gasteiger partial charge in [0, 0.05) is 43.0 Å². The van der Waals surface area contributed by atoms with E-state index in [2.05, 4.69) is 10.2 Å². The van der Waals surface area contributed by atoms with E-state index >= 15 is 8.78 Å². The second kappa shape index (κ2) is 7.47. The second-order valence-corrected chi connectivity index (χ2v) is 7.61. The van der Waals surface area contributed by atoms with Crippen molar-refractivity contribution < 1.29 is 27.5 Å². The summed E-state index contributed by atoms with van der Waals surface area (Å²) in [6.07, 6.45) is 2.73. The standard InChI is InChI=1S/C22H14F4N4O3/c23-11-1-2-17(14(24)5-11)30-9-13(22(32)33)21(31)12-6-15(25)20(18(26)19(12)30)29-4-3-16-10(8-29)7-27-28-16/h1-2,5-7,9H,3-4,8H2,(H,27,28)(H,32,33). The molecule has 0 aliphatic carbocycles. The van der Waals surface area contributed by atoms with E-state index in [4.69, 9.17) is 0 Å². The molecule has 0 spiro atoms. The van der Waals surface area contributed by atoms with Gasteiger partial charge in [-0.25, -0.2) is 22.4 Å². The molecule has 0 saturated heterocycles. The number of carbonyl (C=O) groups is 1. The highest BCUT2D eigenvalue weighted by atomic mass is 19.1. The van der Waals surface area contributed by atoms with E-state index in [0.717, 1.165) is 40.2 Å². The molecule has 2 aromatic heterocycles. The third-order valence-corrected chi connectivity index (χ3v) is 5.67. The van der Waals surface area contributed by atoms with Crippen LogP contribution in [0.3, 0.4) is 0 Å². The first-order valence-corrected chi connectivity index (χ1v) is 9.78. The lowest BCUT2D eigenvalue weighted by atomic mass is 10.0. The number of hydrogen-bond donors (Lipinski definition) is 2. The van der Waals surface area contributed by atoms with E-state index in [0.29, 0.717) is 12.5 Å². The number of hydrogen-bond acceptors (Lipinski definition) is 4. The maximum absolute atomic E-state index is 15.9. The summed E-state index contributed by atoms with van der Waals surface area (Å²) in [5.74, 6) is -5.93. The van der Waals surface area contributed by atoms with Gasteiger partial charge in [0.05, 0.1) is 22.8 Å². The molecule has 168 valence electrons. The third-order valence-electron chi connectivity index (χ3n) is 5.67. The number of nitrogens with zero attached hydrogens (tertiary/aromatic N) is 3. The Hall–Kier alpha value is -4.15. The minimum Gasteiger partial charge on any atom is -0.477 e. The van der Waals surface area contributed by atoms with Crippen LogP contribution < -0.4 is 10.3 Å². The van der Waals surface area contributed by atoms with E-state index in [1.54, 1.807) is 6.20 Å². The number of rotatable bonds is 3. The summed E-state index contributed by atoms with van der Waals surface area (Å²) in [6, 6.07) is 3.15. The molecule has 1 aliphatic heterocycles. The molecule has 0 unspecified atom stereocenters. The molecular formula is C22H14F4N4O3. The van der Waals surface area contributed by atoms with Crippen LogP contribution in [0.25, 0.3) is 16.6 Å². The Kier molecular flexibility index (Phi) is 4.69. The Morgan fingerprint density at radius 1 is 1.12 bits per heavy atom. The predicted molar refractivity (Wildman–Crippen MR) is 110 cm³/mol. The zero-order chi connectivity index (χ0) is 23.4. The van der Waals surface area contributed by atoms with Gasteiger partial charge >= 0.3 is 5.97 Å². The van der Waals surface area contributed by atoms with Gasteiger partial charge in [0.1, 0.15) is 28.7 Å². The molecule has 3 heterocycles. The van der Waals surface area contributed by atoms with Crippen molar-refractivity contribution in [3.05, 3.63) is 87.0 Å². The van der Waals surface area contributed by atoms with Crippen molar-refractivity contribution in [3.63, 3.8) is 0 Å². The number of aromatic nitrogens is 3. The van der Waals surface area contributed by atoms with E-state index in [1.165, 1.54) is 4.90 Å². The Labute approximate surface area is 182 Å². The summed E-state index contributed by atoms with van der Waals surface area (Å²) in [5, 5.41) is 15.6. The Bertz CT molecular complexity index is 1510. The van der Waals surface area contributed by atoms with E-state index < -0.39 is 62.5 Å². The highest BCUT2D eigenvalue weighted by Crippen LogP contribution is 2.34. The van der Waals surface area contributed by atoms with Crippen molar-refractivity contribution >= 4 is 22.6 Å². The first-order valence-electron chi connectivity index (χ1n) is 9.78. The fraction of sp³-hybridized carbons (Fsp3) is 0.136. The van der Waals surface area contributed by atoms with Gasteiger partial charge in [0.2, 0.25) is 5.43 Å². The lowest BCUT2D eigenvalue weighted by Crippen LogP contribution is -2.32. The first-order chi connectivity index (χ1) is 15.8. The van der Waals surface area contributed by atoms with Gasteiger partial charge in [-0.1, -0.05) is 0 Å². The molecule has 2 aromatic carbocycles. The molecule has 0 amide bonds. The fourth-order valence-electron chi connectivity index (χ4n) is 4.13. The van der Waals surface area contributed by atoms with Crippen molar-refractivity contribution in [1.29, 1.82) is 0 Å². The molecule has 0 fully saturated rings. The SMILES string of the molecule is O=C(O)c1cn(-c2ccc(F)cc2F)c2c(F)c(N3CCc4[nH]ncc4C3)c(F)cc2c1=O. The van der Waals surface area contributed by atoms with E-state index in [1.807, 2.05) is 0 Å². The summed E-state index contributed by atoms with van der Waals surface area (Å²) in [4.78, 5) is 25.7. The number of fused-ring (bicyclic) bond motifs is 2. The number of aromatic amines is 1. The molecule has 0 radical (unpaired) electrons. The van der Waals surface area contributed by atoms with Gasteiger partial charge < -0.3 is 14.6 Å². The third kappa shape index (κ3) is 3.23. The van der Waals surface area contributed by atoms with E-state index in [-0.39, 0.29) is 13.1 Å². The fourth-order valence-corrected chi connectivity index (χ4v) is 4.13. The summed E-state index contributed by atoms with van der Waals surface area (Å²) >= 11 is 0. The number of halogens is 4. The largest absolute Gasteiger partial charge is 0.477 e. The number of anilines is 1. The highest BCUT2D eigenvalue weighted by Gasteiger charge is 2.28. The Balaban J connectivity index is 1.82. The van der Waals surface area contributed by atoms with Gasteiger partial charge in [-0.15, -0.1) is 0 Å². The van der Waals surface area contributed by atoms with Crippen LogP contribution in [0.4, 0.5) is 23.2 Å². The molecule has 0 saturated carbocycles. The molecule has 1 aliphatic rings. The molecule has 4 aromatic rings. The highest BCUT2D eigenvalue weighted by molar-refractivity contribution is 5.94. The van der Waals surface area contributed by atoms with Crippen molar-refractivity contribution in [2.24, 2.45) is 0 Å². The zero-order valence-electron chi connectivity index (χ0n) is 16.7. The number of aromatic carboxylic acids is 1. The average molecular weight is 458 g/mol. The van der Waals surface area contributed by atoms with Crippen LogP contribution in [0.15, 0.2) is 41.5 Å². The second-order valence-electron chi connectivity index (χ2n) is 7.61. The summed E-state index contributed by atoms with van der Waals surface area (Å²) in [6.45, 7) is 0.365. The number of carboxylic acids is 1. The molecule has 7 nitrogen and oxygen atoms in total. The minimum atomic E-state index is -1.66. The van der Waals surface area contributed by atoms with Crippen molar-refractivity contribution in [2.45, 2.75) is 13.0 Å². The quantitative estimate of drug-likeness (QED) is 0.459. The van der Waals surface area contributed by atoms with Crippen LogP contribution in [0.1, 0.15) is 21.6 Å². The first kappa shape index (κ1) is 20.7. The lowest BCUT2D eigenvalue weighted by molar-refractivity contribution is 0.0695. The van der Waals surface area contributed by atoms with Gasteiger partial charge in [0.15, 0.2) is 5.82 Å². The van der Waals surface area contributed by atoms with Gasteiger partial charge in [-0.3, -0.25) is 9.89 Å². The van der Waals surface area contributed by atoms with Crippen molar-refractivity contribution in [3.8, 4) is 5.69 Å². The molecule has 0 atom stereocenters. The molecule has 2 N–H and O–H groups in total. The van der Waals surface area contributed by atoms with Gasteiger partial charge in [-0.05, 0) is 18.2 Å². The van der Waals surface area contributed by atoms with Crippen LogP contribution in [-0.2, 0) is 13.0 Å². The smallest absolute Gasteiger partial charge is 0.341 e. The molecule has 0 bridgehead atoms.